The zero-order valence-corrected chi connectivity index (χ0v) is 16.8. The van der Waals surface area contributed by atoms with Gasteiger partial charge >= 0.3 is 6.09 Å². The fourth-order valence-corrected chi connectivity index (χ4v) is 3.36. The lowest BCUT2D eigenvalue weighted by molar-refractivity contribution is -0.121. The number of carbonyl (C=O) groups excluding carboxylic acids is 2. The molecule has 7 nitrogen and oxygen atoms in total. The molecule has 1 aliphatic rings. The number of carbonyl (C=O) groups is 2. The van der Waals surface area contributed by atoms with Crippen molar-refractivity contribution >= 4 is 33.7 Å². The van der Waals surface area contributed by atoms with Crippen LogP contribution in [0.2, 0.25) is 0 Å². The van der Waals surface area contributed by atoms with Gasteiger partial charge in [0.2, 0.25) is 5.91 Å². The molecule has 2 heterocycles. The van der Waals surface area contributed by atoms with Crippen molar-refractivity contribution in [2.45, 2.75) is 26.3 Å². The number of hydrogen-bond donors (Lipinski definition) is 1. The summed E-state index contributed by atoms with van der Waals surface area (Å²) in [4.78, 5) is 26.0. The Morgan fingerprint density at radius 1 is 1.22 bits per heavy atom. The predicted octanol–water partition coefficient (Wildman–Crippen LogP) is 3.50. The third-order valence-corrected chi connectivity index (χ3v) is 5.13. The van der Waals surface area contributed by atoms with Crippen molar-refractivity contribution in [2.24, 2.45) is 5.92 Å². The van der Waals surface area contributed by atoms with Crippen LogP contribution in [0.4, 0.5) is 10.6 Å². The maximum atomic E-state index is 12.6. The van der Waals surface area contributed by atoms with Gasteiger partial charge in [-0.15, -0.1) is 0 Å². The molecule has 144 valence electrons. The molecule has 0 radical (unpaired) electrons. The van der Waals surface area contributed by atoms with Gasteiger partial charge in [0.15, 0.2) is 0 Å². The van der Waals surface area contributed by atoms with E-state index < -0.39 is 0 Å². The molecule has 3 rings (SSSR count). The van der Waals surface area contributed by atoms with Crippen molar-refractivity contribution in [3.05, 3.63) is 46.6 Å². The first-order chi connectivity index (χ1) is 13.1. The number of hydrogen-bond acceptors (Lipinski definition) is 4. The number of nitrogens with zero attached hydrogens (tertiary/aromatic N) is 3. The molecule has 1 aromatic carbocycles. The molecular weight excluding hydrogens is 412 g/mol. The van der Waals surface area contributed by atoms with Crippen LogP contribution in [0.1, 0.15) is 25.3 Å². The average Bonchev–Trinajstić information content (AvgIpc) is 3.10. The molecule has 1 aromatic heterocycles. The summed E-state index contributed by atoms with van der Waals surface area (Å²) in [5.41, 5.74) is 1.10. The number of rotatable bonds is 5. The summed E-state index contributed by atoms with van der Waals surface area (Å²) in [5.74, 6) is 0.526. The fourth-order valence-electron chi connectivity index (χ4n) is 3.09. The van der Waals surface area contributed by atoms with Gasteiger partial charge in [0, 0.05) is 29.5 Å². The molecule has 0 atom stereocenters. The molecule has 1 N–H and O–H groups in total. The molecule has 8 heteroatoms. The largest absolute Gasteiger partial charge is 0.450 e. The van der Waals surface area contributed by atoms with E-state index in [1.54, 1.807) is 28.8 Å². The first-order valence-electron chi connectivity index (χ1n) is 9.05. The van der Waals surface area contributed by atoms with Crippen LogP contribution < -0.4 is 5.32 Å². The van der Waals surface area contributed by atoms with E-state index in [1.807, 2.05) is 24.3 Å². The van der Waals surface area contributed by atoms with Crippen molar-refractivity contribution in [3.8, 4) is 0 Å². The molecule has 0 unspecified atom stereocenters. The highest BCUT2D eigenvalue weighted by atomic mass is 79.9. The topological polar surface area (TPSA) is 76.5 Å². The summed E-state index contributed by atoms with van der Waals surface area (Å²) in [6, 6.07) is 9.79. The summed E-state index contributed by atoms with van der Waals surface area (Å²) in [5, 5.41) is 7.29. The van der Waals surface area contributed by atoms with Gasteiger partial charge in [-0.1, -0.05) is 28.1 Å². The number of aromatic nitrogens is 2. The van der Waals surface area contributed by atoms with Crippen LogP contribution in [0, 0.1) is 5.92 Å². The minimum atomic E-state index is -0.302. The maximum absolute atomic E-state index is 12.6. The highest BCUT2D eigenvalue weighted by molar-refractivity contribution is 9.10. The highest BCUT2D eigenvalue weighted by Crippen LogP contribution is 2.20. The Balaban J connectivity index is 1.55. The molecule has 2 amide bonds. The van der Waals surface area contributed by atoms with Crippen molar-refractivity contribution in [2.75, 3.05) is 25.0 Å². The standard InChI is InChI=1S/C19H23BrN4O3/c1-2-27-19(26)23-11-8-15(9-12-23)18(25)22-17-7-10-21-24(17)13-14-3-5-16(20)6-4-14/h3-7,10,15H,2,8-9,11-13H2,1H3,(H,22,25). The summed E-state index contributed by atoms with van der Waals surface area (Å²) in [7, 11) is 0. The van der Waals surface area contributed by atoms with Crippen LogP contribution in [0.3, 0.4) is 0 Å². The number of halogens is 1. The molecule has 0 bridgehead atoms. The molecule has 0 aliphatic carbocycles. The van der Waals surface area contributed by atoms with Gasteiger partial charge in [-0.05, 0) is 37.5 Å². The lowest BCUT2D eigenvalue weighted by atomic mass is 9.96. The molecule has 27 heavy (non-hydrogen) atoms. The van der Waals surface area contributed by atoms with E-state index in [9.17, 15) is 9.59 Å². The van der Waals surface area contributed by atoms with Crippen LogP contribution in [0.15, 0.2) is 41.0 Å². The Morgan fingerprint density at radius 3 is 2.59 bits per heavy atom. The highest BCUT2D eigenvalue weighted by Gasteiger charge is 2.28. The summed E-state index contributed by atoms with van der Waals surface area (Å²) in [6.07, 6.45) is 2.64. The van der Waals surface area contributed by atoms with Crippen molar-refractivity contribution in [1.29, 1.82) is 0 Å². The summed E-state index contributed by atoms with van der Waals surface area (Å²) < 4.78 is 7.81. The van der Waals surface area contributed by atoms with Crippen molar-refractivity contribution < 1.29 is 14.3 Å². The van der Waals surface area contributed by atoms with Crippen LogP contribution >= 0.6 is 15.9 Å². The third kappa shape index (κ3) is 5.09. The number of benzene rings is 1. The molecule has 0 spiro atoms. The SMILES string of the molecule is CCOC(=O)N1CCC(C(=O)Nc2ccnn2Cc2ccc(Br)cc2)CC1. The van der Waals surface area contributed by atoms with Gasteiger partial charge in [-0.3, -0.25) is 4.79 Å². The zero-order valence-electron chi connectivity index (χ0n) is 15.2. The van der Waals surface area contributed by atoms with E-state index in [1.165, 1.54) is 0 Å². The van der Waals surface area contributed by atoms with Gasteiger partial charge in [0.05, 0.1) is 19.3 Å². The lowest BCUT2D eigenvalue weighted by Gasteiger charge is -2.30. The van der Waals surface area contributed by atoms with Gasteiger partial charge in [-0.2, -0.15) is 5.10 Å². The van der Waals surface area contributed by atoms with Crippen LogP contribution in [-0.4, -0.2) is 46.4 Å². The fraction of sp³-hybridized carbons (Fsp3) is 0.421. The number of ether oxygens (including phenoxy) is 1. The summed E-state index contributed by atoms with van der Waals surface area (Å²) in [6.45, 7) is 3.80. The Hall–Kier alpha value is -2.35. The molecule has 2 aromatic rings. The van der Waals surface area contributed by atoms with E-state index in [0.717, 1.165) is 10.0 Å². The third-order valence-electron chi connectivity index (χ3n) is 4.61. The Labute approximate surface area is 166 Å². The zero-order chi connectivity index (χ0) is 19.2. The quantitative estimate of drug-likeness (QED) is 0.780. The lowest BCUT2D eigenvalue weighted by Crippen LogP contribution is -2.41. The van der Waals surface area contributed by atoms with Crippen molar-refractivity contribution in [1.82, 2.24) is 14.7 Å². The van der Waals surface area contributed by atoms with Crippen molar-refractivity contribution in [3.63, 3.8) is 0 Å². The molecule has 1 saturated heterocycles. The van der Waals surface area contributed by atoms with E-state index in [4.69, 9.17) is 4.74 Å². The van der Waals surface area contributed by atoms with E-state index in [-0.39, 0.29) is 17.9 Å². The van der Waals surface area contributed by atoms with E-state index in [2.05, 4.69) is 26.3 Å². The smallest absolute Gasteiger partial charge is 0.409 e. The second-order valence-electron chi connectivity index (χ2n) is 6.45. The van der Waals surface area contributed by atoms with Gasteiger partial charge < -0.3 is 15.0 Å². The number of nitrogens with one attached hydrogen (secondary N) is 1. The molecule has 0 saturated carbocycles. The maximum Gasteiger partial charge on any atom is 0.409 e. The number of anilines is 1. The minimum Gasteiger partial charge on any atom is -0.450 e. The average molecular weight is 435 g/mol. The van der Waals surface area contributed by atoms with Crippen LogP contribution in [-0.2, 0) is 16.1 Å². The predicted molar refractivity (Wildman–Crippen MR) is 105 cm³/mol. The molecule has 1 fully saturated rings. The normalized spacial score (nSPS) is 14.8. The van der Waals surface area contributed by atoms with Gasteiger partial charge in [0.25, 0.3) is 0 Å². The second kappa shape index (κ2) is 9.03. The second-order valence-corrected chi connectivity index (χ2v) is 7.37. The Morgan fingerprint density at radius 2 is 1.93 bits per heavy atom. The summed E-state index contributed by atoms with van der Waals surface area (Å²) >= 11 is 3.42. The number of amides is 2. The molecule has 1 aliphatic heterocycles. The first kappa shape index (κ1) is 19.4. The Kier molecular flexibility index (Phi) is 6.49. The molecular formula is C19H23BrN4O3. The van der Waals surface area contributed by atoms with E-state index >= 15 is 0 Å². The van der Waals surface area contributed by atoms with Crippen LogP contribution in [0.5, 0.6) is 0 Å². The van der Waals surface area contributed by atoms with E-state index in [0.29, 0.717) is 44.9 Å². The minimum absolute atomic E-state index is 0.0314. The number of likely N-dealkylation sites (tertiary alicyclic amines) is 1. The first-order valence-corrected chi connectivity index (χ1v) is 9.85. The van der Waals surface area contributed by atoms with Gasteiger partial charge in [0.1, 0.15) is 5.82 Å². The van der Waals surface area contributed by atoms with Crippen LogP contribution in [0.25, 0.3) is 0 Å². The number of piperidine rings is 1. The Bertz CT molecular complexity index is 783. The monoisotopic (exact) mass is 434 g/mol. The van der Waals surface area contributed by atoms with Gasteiger partial charge in [-0.25, -0.2) is 9.48 Å².